The van der Waals surface area contributed by atoms with Gasteiger partial charge in [0.05, 0.1) is 12.4 Å². The number of aromatic amines is 1. The standard InChI is InChI=1S/3C10H13N3.C9H12N4/c1-10(2,3)8-4-7-5-12-13-9(7)11-6-8;1-10(2,3)8-6-12-9-11-4-5-13(9)7-8;1-10(2,3)8-6-11-9-4-5-12-13(9)7-8;1-9(2,3)7-4-10-8-11-6-12-13(8)5-7/h4-6H,1-3H3,(H,11,12,13);2*4-7H,1-3H3;4-6H,1-3H3. The van der Waals surface area contributed by atoms with Gasteiger partial charge in [-0.15, -0.1) is 0 Å². The van der Waals surface area contributed by atoms with Crippen LogP contribution in [-0.2, 0) is 21.7 Å². The van der Waals surface area contributed by atoms with E-state index < -0.39 is 0 Å². The highest BCUT2D eigenvalue weighted by Crippen LogP contribution is 2.24. The molecule has 1 N–H and O–H groups in total. The van der Waals surface area contributed by atoms with Crippen molar-refractivity contribution in [3.05, 3.63) is 109 Å². The van der Waals surface area contributed by atoms with Crippen LogP contribution in [0, 0.1) is 0 Å². The predicted molar refractivity (Wildman–Crippen MR) is 205 cm³/mol. The molecule has 0 atom stereocenters. The molecule has 0 aliphatic carbocycles. The van der Waals surface area contributed by atoms with Gasteiger partial charge in [-0.05, 0) is 50.0 Å². The van der Waals surface area contributed by atoms with Gasteiger partial charge in [-0.3, -0.25) is 9.50 Å². The molecule has 0 radical (unpaired) electrons. The Morgan fingerprint density at radius 3 is 1.75 bits per heavy atom. The molecule has 0 saturated carbocycles. The van der Waals surface area contributed by atoms with E-state index in [1.54, 1.807) is 27.6 Å². The summed E-state index contributed by atoms with van der Waals surface area (Å²) >= 11 is 0. The minimum absolute atomic E-state index is 0.104. The van der Waals surface area contributed by atoms with Gasteiger partial charge >= 0.3 is 0 Å². The highest BCUT2D eigenvalue weighted by Gasteiger charge is 2.17. The molecule has 52 heavy (non-hydrogen) atoms. The zero-order chi connectivity index (χ0) is 37.9. The van der Waals surface area contributed by atoms with Crippen LogP contribution < -0.4 is 0 Å². The van der Waals surface area contributed by atoms with Crippen LogP contribution in [0.3, 0.4) is 0 Å². The van der Waals surface area contributed by atoms with Crippen LogP contribution in [0.15, 0.2) is 86.6 Å². The highest BCUT2D eigenvalue weighted by molar-refractivity contribution is 5.74. The van der Waals surface area contributed by atoms with Crippen LogP contribution in [0.1, 0.15) is 105 Å². The van der Waals surface area contributed by atoms with E-state index in [9.17, 15) is 0 Å². The summed E-state index contributed by atoms with van der Waals surface area (Å²) in [5, 5.41) is 16.0. The number of hydrogen-bond acceptors (Lipinski definition) is 9. The highest BCUT2D eigenvalue weighted by atomic mass is 15.3. The maximum atomic E-state index is 4.31. The molecule has 0 spiro atoms. The fourth-order valence-corrected chi connectivity index (χ4v) is 4.75. The van der Waals surface area contributed by atoms with Crippen LogP contribution in [0.2, 0.25) is 0 Å². The van der Waals surface area contributed by atoms with Gasteiger partial charge in [0.2, 0.25) is 5.78 Å². The second kappa shape index (κ2) is 14.6. The lowest BCUT2D eigenvalue weighted by molar-refractivity contribution is 0.581. The van der Waals surface area contributed by atoms with E-state index in [1.165, 1.54) is 23.0 Å². The largest absolute Gasteiger partial charge is 0.291 e. The fourth-order valence-electron chi connectivity index (χ4n) is 4.75. The van der Waals surface area contributed by atoms with Crippen LogP contribution in [-0.4, -0.2) is 63.7 Å². The van der Waals surface area contributed by atoms with Gasteiger partial charge in [0.1, 0.15) is 6.33 Å². The monoisotopic (exact) mass is 701 g/mol. The summed E-state index contributed by atoms with van der Waals surface area (Å²) < 4.78 is 5.45. The zero-order valence-electron chi connectivity index (χ0n) is 32.4. The first kappa shape index (κ1) is 37.7. The molecule has 0 aliphatic rings. The molecule has 0 aliphatic heterocycles. The van der Waals surface area contributed by atoms with E-state index in [4.69, 9.17) is 0 Å². The Labute approximate surface area is 305 Å². The molecule has 0 aromatic carbocycles. The summed E-state index contributed by atoms with van der Waals surface area (Å²) in [6, 6.07) is 4.03. The van der Waals surface area contributed by atoms with Crippen molar-refractivity contribution in [2.75, 3.05) is 0 Å². The van der Waals surface area contributed by atoms with Crippen molar-refractivity contribution in [1.29, 1.82) is 0 Å². The number of rotatable bonds is 0. The normalized spacial score (nSPS) is 12.2. The predicted octanol–water partition coefficient (Wildman–Crippen LogP) is 7.73. The lowest BCUT2D eigenvalue weighted by Gasteiger charge is -2.17. The van der Waals surface area contributed by atoms with Crippen LogP contribution >= 0.6 is 0 Å². The number of H-pyrrole nitrogens is 1. The van der Waals surface area contributed by atoms with Gasteiger partial charge in [-0.25, -0.2) is 34.0 Å². The molecular formula is C39H51N13. The zero-order valence-corrected chi connectivity index (χ0v) is 32.4. The second-order valence-corrected chi connectivity index (χ2v) is 16.8. The second-order valence-electron chi connectivity index (χ2n) is 16.8. The summed E-state index contributed by atoms with van der Waals surface area (Å²) in [4.78, 5) is 25.1. The first-order chi connectivity index (χ1) is 24.3. The number of fused-ring (bicyclic) bond motifs is 4. The van der Waals surface area contributed by atoms with Crippen molar-refractivity contribution in [2.45, 2.75) is 105 Å². The average Bonchev–Trinajstić information content (AvgIpc) is 3.89. The minimum Gasteiger partial charge on any atom is -0.291 e. The molecule has 0 bridgehead atoms. The SMILES string of the molecule is CC(C)(C)c1cnc2[nH]ncc2c1.CC(C)(C)c1cnc2ccnn2c1.CC(C)(C)c1cnc2nccn2c1.CC(C)(C)c1cnc2ncnn2c1. The Bertz CT molecular complexity index is 2030. The lowest BCUT2D eigenvalue weighted by Crippen LogP contribution is -2.12. The summed E-state index contributed by atoms with van der Waals surface area (Å²) in [6.45, 7) is 26.0. The smallest absolute Gasteiger partial charge is 0.252 e. The van der Waals surface area contributed by atoms with Crippen LogP contribution in [0.5, 0.6) is 0 Å². The third-order valence-corrected chi connectivity index (χ3v) is 8.38. The summed E-state index contributed by atoms with van der Waals surface area (Å²) in [5.41, 5.74) is 7.10. The molecule has 8 aromatic heterocycles. The molecule has 8 heterocycles. The van der Waals surface area contributed by atoms with Gasteiger partial charge in [-0.2, -0.15) is 20.3 Å². The maximum absolute atomic E-state index is 4.31. The molecule has 0 amide bonds. The number of imidazole rings is 1. The van der Waals surface area contributed by atoms with E-state index >= 15 is 0 Å². The Morgan fingerprint density at radius 1 is 0.519 bits per heavy atom. The lowest BCUT2D eigenvalue weighted by atomic mass is 9.88. The molecular weight excluding hydrogens is 651 g/mol. The molecule has 272 valence electrons. The van der Waals surface area contributed by atoms with Gasteiger partial charge < -0.3 is 0 Å². The summed E-state index contributed by atoms with van der Waals surface area (Å²) in [6.07, 6.45) is 22.4. The van der Waals surface area contributed by atoms with Crippen molar-refractivity contribution in [3.8, 4) is 0 Å². The van der Waals surface area contributed by atoms with E-state index in [1.807, 2.05) is 53.8 Å². The molecule has 13 nitrogen and oxygen atoms in total. The molecule has 13 heteroatoms. The number of aromatic nitrogens is 13. The van der Waals surface area contributed by atoms with E-state index in [-0.39, 0.29) is 21.7 Å². The van der Waals surface area contributed by atoms with Crippen LogP contribution in [0.25, 0.3) is 28.2 Å². The quantitative estimate of drug-likeness (QED) is 0.168. The van der Waals surface area contributed by atoms with E-state index in [0.29, 0.717) is 5.78 Å². The first-order valence-corrected chi connectivity index (χ1v) is 17.3. The third-order valence-electron chi connectivity index (χ3n) is 8.38. The van der Waals surface area contributed by atoms with Gasteiger partial charge in [0.25, 0.3) is 5.78 Å². The maximum Gasteiger partial charge on any atom is 0.252 e. The van der Waals surface area contributed by atoms with Gasteiger partial charge in [0, 0.05) is 67.2 Å². The van der Waals surface area contributed by atoms with E-state index in [2.05, 4.69) is 146 Å². The van der Waals surface area contributed by atoms with Crippen molar-refractivity contribution in [3.63, 3.8) is 0 Å². The number of nitrogens with one attached hydrogen (secondary N) is 1. The summed E-state index contributed by atoms with van der Waals surface area (Å²) in [7, 11) is 0. The first-order valence-electron chi connectivity index (χ1n) is 17.3. The topological polar surface area (TPSA) is 145 Å². The van der Waals surface area contributed by atoms with Gasteiger partial charge in [-0.1, -0.05) is 83.1 Å². The van der Waals surface area contributed by atoms with Crippen LogP contribution in [0.4, 0.5) is 0 Å². The molecule has 0 fully saturated rings. The Morgan fingerprint density at radius 2 is 1.10 bits per heavy atom. The molecule has 0 unspecified atom stereocenters. The number of nitrogens with zero attached hydrogens (tertiary/aromatic N) is 12. The molecule has 0 saturated heterocycles. The van der Waals surface area contributed by atoms with Crippen molar-refractivity contribution in [1.82, 2.24) is 63.7 Å². The Kier molecular flexibility index (Phi) is 10.5. The third kappa shape index (κ3) is 9.39. The number of hydrogen-bond donors (Lipinski definition) is 1. The van der Waals surface area contributed by atoms with Crippen molar-refractivity contribution < 1.29 is 0 Å². The molecule has 8 aromatic rings. The minimum atomic E-state index is 0.104. The molecule has 8 rings (SSSR count). The average molecular weight is 702 g/mol. The van der Waals surface area contributed by atoms with Gasteiger partial charge in [0.15, 0.2) is 11.3 Å². The van der Waals surface area contributed by atoms with Crippen molar-refractivity contribution >= 4 is 28.2 Å². The number of pyridine rings is 1. The fraction of sp³-hybridized carbons (Fsp3) is 0.410. The Hall–Kier alpha value is -5.59. The summed E-state index contributed by atoms with van der Waals surface area (Å²) in [5.74, 6) is 1.40. The van der Waals surface area contributed by atoms with Crippen molar-refractivity contribution in [2.24, 2.45) is 0 Å². The Balaban J connectivity index is 0.000000134. The van der Waals surface area contributed by atoms with E-state index in [0.717, 1.165) is 28.0 Å².